The summed E-state index contributed by atoms with van der Waals surface area (Å²) in [5.74, 6) is 1.69. The quantitative estimate of drug-likeness (QED) is 0.908. The van der Waals surface area contributed by atoms with Gasteiger partial charge in [0.15, 0.2) is 0 Å². The van der Waals surface area contributed by atoms with E-state index < -0.39 is 0 Å². The molecule has 22 heavy (non-hydrogen) atoms. The van der Waals surface area contributed by atoms with Gasteiger partial charge in [0.25, 0.3) is 0 Å². The first-order chi connectivity index (χ1) is 10.8. The zero-order chi connectivity index (χ0) is 15.4. The fraction of sp³-hybridized carbons (Fsp3) is 0.368. The Morgan fingerprint density at radius 3 is 2.77 bits per heavy atom. The third-order valence-corrected chi connectivity index (χ3v) is 4.40. The Labute approximate surface area is 132 Å². The molecule has 0 fully saturated rings. The Morgan fingerprint density at radius 2 is 1.95 bits per heavy atom. The van der Waals surface area contributed by atoms with Gasteiger partial charge in [-0.3, -0.25) is 0 Å². The molecule has 0 radical (unpaired) electrons. The Morgan fingerprint density at radius 1 is 1.09 bits per heavy atom. The Balaban J connectivity index is 1.73. The van der Waals surface area contributed by atoms with Gasteiger partial charge in [0.2, 0.25) is 0 Å². The minimum atomic E-state index is 0.428. The van der Waals surface area contributed by atoms with Gasteiger partial charge >= 0.3 is 0 Å². The van der Waals surface area contributed by atoms with Crippen LogP contribution in [0, 0.1) is 0 Å². The molecular weight excluding hydrogens is 274 g/mol. The molecule has 0 unspecified atom stereocenters. The lowest BCUT2D eigenvalue weighted by atomic mass is 9.87. The fourth-order valence-corrected chi connectivity index (χ4v) is 3.20. The van der Waals surface area contributed by atoms with Crippen molar-refractivity contribution < 1.29 is 9.47 Å². The van der Waals surface area contributed by atoms with Crippen LogP contribution in [0.2, 0.25) is 0 Å². The predicted octanol–water partition coefficient (Wildman–Crippen LogP) is 3.87. The predicted molar refractivity (Wildman–Crippen MR) is 88.5 cm³/mol. The van der Waals surface area contributed by atoms with Crippen molar-refractivity contribution in [2.45, 2.75) is 31.8 Å². The SMILES string of the molecule is COc1ccc(CN[C@H]2CCCc3ccccc32)c(OC)c1. The van der Waals surface area contributed by atoms with Gasteiger partial charge in [0, 0.05) is 24.2 Å². The molecule has 2 aromatic rings. The number of nitrogens with one attached hydrogen (secondary N) is 1. The molecule has 0 heterocycles. The molecule has 0 spiro atoms. The molecule has 1 aliphatic rings. The number of hydrogen-bond donors (Lipinski definition) is 1. The minimum Gasteiger partial charge on any atom is -0.497 e. The minimum absolute atomic E-state index is 0.428. The van der Waals surface area contributed by atoms with Crippen LogP contribution < -0.4 is 14.8 Å². The van der Waals surface area contributed by atoms with Crippen molar-refractivity contribution >= 4 is 0 Å². The monoisotopic (exact) mass is 297 g/mol. The smallest absolute Gasteiger partial charge is 0.127 e. The van der Waals surface area contributed by atoms with Crippen LogP contribution in [0.4, 0.5) is 0 Å². The van der Waals surface area contributed by atoms with Crippen LogP contribution >= 0.6 is 0 Å². The summed E-state index contributed by atoms with van der Waals surface area (Å²) in [6.45, 7) is 0.798. The van der Waals surface area contributed by atoms with Crippen LogP contribution in [0.5, 0.6) is 11.5 Å². The molecule has 3 heteroatoms. The summed E-state index contributed by atoms with van der Waals surface area (Å²) in [5.41, 5.74) is 4.08. The van der Waals surface area contributed by atoms with E-state index in [4.69, 9.17) is 9.47 Å². The number of benzene rings is 2. The standard InChI is InChI=1S/C19H23NO2/c1-21-16-11-10-15(19(12-16)22-2)13-20-18-9-5-7-14-6-3-4-8-17(14)18/h3-4,6,8,10-12,18,20H,5,7,9,13H2,1-2H3/t18-/m0/s1. The van der Waals surface area contributed by atoms with E-state index >= 15 is 0 Å². The third-order valence-electron chi connectivity index (χ3n) is 4.40. The topological polar surface area (TPSA) is 30.5 Å². The first-order valence-electron chi connectivity index (χ1n) is 7.84. The van der Waals surface area contributed by atoms with E-state index in [1.54, 1.807) is 14.2 Å². The molecule has 0 saturated heterocycles. The normalized spacial score (nSPS) is 16.9. The lowest BCUT2D eigenvalue weighted by molar-refractivity contribution is 0.386. The first-order valence-corrected chi connectivity index (χ1v) is 7.84. The van der Waals surface area contributed by atoms with Gasteiger partial charge < -0.3 is 14.8 Å². The molecule has 0 saturated carbocycles. The molecule has 1 N–H and O–H groups in total. The van der Waals surface area contributed by atoms with Crippen molar-refractivity contribution in [3.05, 3.63) is 59.2 Å². The number of ether oxygens (including phenoxy) is 2. The van der Waals surface area contributed by atoms with Crippen LogP contribution in [-0.2, 0) is 13.0 Å². The van der Waals surface area contributed by atoms with Gasteiger partial charge in [-0.2, -0.15) is 0 Å². The molecule has 1 atom stereocenters. The molecule has 0 bridgehead atoms. The van der Waals surface area contributed by atoms with Crippen LogP contribution in [0.3, 0.4) is 0 Å². The maximum absolute atomic E-state index is 5.48. The highest BCUT2D eigenvalue weighted by atomic mass is 16.5. The fourth-order valence-electron chi connectivity index (χ4n) is 3.20. The molecule has 0 amide bonds. The van der Waals surface area contributed by atoms with Crippen molar-refractivity contribution in [3.63, 3.8) is 0 Å². The molecule has 0 aromatic heterocycles. The van der Waals surface area contributed by atoms with Gasteiger partial charge in [-0.1, -0.05) is 30.3 Å². The highest BCUT2D eigenvalue weighted by Crippen LogP contribution is 2.31. The van der Waals surface area contributed by atoms with E-state index in [1.807, 2.05) is 12.1 Å². The number of fused-ring (bicyclic) bond motifs is 1. The van der Waals surface area contributed by atoms with Crippen LogP contribution in [0.15, 0.2) is 42.5 Å². The second kappa shape index (κ2) is 6.84. The van der Waals surface area contributed by atoms with E-state index in [1.165, 1.54) is 30.4 Å². The maximum atomic E-state index is 5.48. The van der Waals surface area contributed by atoms with Gasteiger partial charge in [-0.15, -0.1) is 0 Å². The Hall–Kier alpha value is -2.00. The third kappa shape index (κ3) is 3.09. The van der Waals surface area contributed by atoms with Gasteiger partial charge in [0.1, 0.15) is 11.5 Å². The average Bonchev–Trinajstić information content (AvgIpc) is 2.59. The van der Waals surface area contributed by atoms with Crippen molar-refractivity contribution in [3.8, 4) is 11.5 Å². The van der Waals surface area contributed by atoms with E-state index in [-0.39, 0.29) is 0 Å². The molecular formula is C19H23NO2. The number of aryl methyl sites for hydroxylation is 1. The summed E-state index contributed by atoms with van der Waals surface area (Å²) >= 11 is 0. The van der Waals surface area contributed by atoms with Gasteiger partial charge in [-0.25, -0.2) is 0 Å². The van der Waals surface area contributed by atoms with Crippen LogP contribution in [0.25, 0.3) is 0 Å². The highest BCUT2D eigenvalue weighted by molar-refractivity contribution is 5.41. The zero-order valence-electron chi connectivity index (χ0n) is 13.3. The summed E-state index contributed by atoms with van der Waals surface area (Å²) in [6.07, 6.45) is 3.63. The summed E-state index contributed by atoms with van der Waals surface area (Å²) in [5, 5.41) is 3.69. The highest BCUT2D eigenvalue weighted by Gasteiger charge is 2.19. The van der Waals surface area contributed by atoms with Crippen LogP contribution in [0.1, 0.15) is 35.6 Å². The number of rotatable bonds is 5. The first kappa shape index (κ1) is 14.9. The van der Waals surface area contributed by atoms with E-state index in [9.17, 15) is 0 Å². The second-order valence-corrected chi connectivity index (χ2v) is 5.70. The molecule has 3 nitrogen and oxygen atoms in total. The number of methoxy groups -OCH3 is 2. The van der Waals surface area contributed by atoms with E-state index in [0.29, 0.717) is 6.04 Å². The van der Waals surface area contributed by atoms with Gasteiger partial charge in [0.05, 0.1) is 14.2 Å². The Kier molecular flexibility index (Phi) is 4.64. The largest absolute Gasteiger partial charge is 0.497 e. The Bertz CT molecular complexity index is 639. The second-order valence-electron chi connectivity index (χ2n) is 5.70. The molecule has 2 aromatic carbocycles. The van der Waals surface area contributed by atoms with Crippen LogP contribution in [-0.4, -0.2) is 14.2 Å². The average molecular weight is 297 g/mol. The molecule has 116 valence electrons. The number of hydrogen-bond acceptors (Lipinski definition) is 3. The van der Waals surface area contributed by atoms with E-state index in [2.05, 4.69) is 35.6 Å². The molecule has 0 aliphatic heterocycles. The maximum Gasteiger partial charge on any atom is 0.127 e. The van der Waals surface area contributed by atoms with Crippen molar-refractivity contribution in [2.24, 2.45) is 0 Å². The van der Waals surface area contributed by atoms with Crippen molar-refractivity contribution in [1.82, 2.24) is 5.32 Å². The van der Waals surface area contributed by atoms with E-state index in [0.717, 1.165) is 23.6 Å². The summed E-state index contributed by atoms with van der Waals surface area (Å²) < 4.78 is 10.7. The molecule has 1 aliphatic carbocycles. The summed E-state index contributed by atoms with van der Waals surface area (Å²) in [6, 6.07) is 15.2. The van der Waals surface area contributed by atoms with Crippen molar-refractivity contribution in [2.75, 3.05) is 14.2 Å². The van der Waals surface area contributed by atoms with Crippen molar-refractivity contribution in [1.29, 1.82) is 0 Å². The molecule has 3 rings (SSSR count). The van der Waals surface area contributed by atoms with Gasteiger partial charge in [-0.05, 0) is 36.5 Å². The summed E-state index contributed by atoms with van der Waals surface area (Å²) in [4.78, 5) is 0. The lowest BCUT2D eigenvalue weighted by Gasteiger charge is -2.26. The zero-order valence-corrected chi connectivity index (χ0v) is 13.3. The summed E-state index contributed by atoms with van der Waals surface area (Å²) in [7, 11) is 3.37. The lowest BCUT2D eigenvalue weighted by Crippen LogP contribution is -2.25.